The summed E-state index contributed by atoms with van der Waals surface area (Å²) in [5.41, 5.74) is 0.382. The van der Waals surface area contributed by atoms with Crippen molar-refractivity contribution in [1.29, 1.82) is 0 Å². The Balaban J connectivity index is 2.51. The van der Waals surface area contributed by atoms with Crippen LogP contribution in [0.3, 0.4) is 0 Å². The maximum absolute atomic E-state index is 12.5. The highest BCUT2D eigenvalue weighted by molar-refractivity contribution is 6.18. The van der Waals surface area contributed by atoms with Crippen LogP contribution in [0.2, 0.25) is 0 Å². The molecule has 1 aliphatic carbocycles. The number of alkyl halides is 1. The minimum absolute atomic E-state index is 0.244. The van der Waals surface area contributed by atoms with Gasteiger partial charge in [-0.3, -0.25) is 4.79 Å². The van der Waals surface area contributed by atoms with Gasteiger partial charge in [-0.15, -0.1) is 11.6 Å². The Morgan fingerprint density at radius 1 is 1.16 bits per heavy atom. The topological polar surface area (TPSA) is 20.3 Å². The smallest absolute Gasteiger partial charge is 0.225 e. The summed E-state index contributed by atoms with van der Waals surface area (Å²) in [5.74, 6) is 1.90. The second-order valence-corrected chi connectivity index (χ2v) is 7.31. The molecule has 0 saturated heterocycles. The first-order valence-electron chi connectivity index (χ1n) is 7.74. The second-order valence-electron chi connectivity index (χ2n) is 6.93. The van der Waals surface area contributed by atoms with E-state index in [9.17, 15) is 4.79 Å². The number of hydrogen-bond donors (Lipinski definition) is 0. The lowest BCUT2D eigenvalue weighted by atomic mass is 9.69. The minimum Gasteiger partial charge on any atom is -0.341 e. The molecule has 0 radical (unpaired) electrons. The second kappa shape index (κ2) is 7.52. The van der Waals surface area contributed by atoms with E-state index in [1.165, 1.54) is 12.8 Å². The summed E-state index contributed by atoms with van der Waals surface area (Å²) in [6.07, 6.45) is 5.52. The summed E-state index contributed by atoms with van der Waals surface area (Å²) < 4.78 is 0. The van der Waals surface area contributed by atoms with Crippen molar-refractivity contribution >= 4 is 17.5 Å². The van der Waals surface area contributed by atoms with Crippen molar-refractivity contribution in [2.75, 3.05) is 19.0 Å². The molecule has 0 N–H and O–H groups in total. The lowest BCUT2D eigenvalue weighted by molar-refractivity contribution is -0.137. The molecule has 0 aromatic heterocycles. The number of carbonyl (C=O) groups is 1. The summed E-state index contributed by atoms with van der Waals surface area (Å²) in [6.45, 7) is 10.6. The van der Waals surface area contributed by atoms with Gasteiger partial charge < -0.3 is 4.90 Å². The molecule has 1 saturated carbocycles. The van der Waals surface area contributed by atoms with E-state index in [1.54, 1.807) is 0 Å². The van der Waals surface area contributed by atoms with E-state index < -0.39 is 0 Å². The van der Waals surface area contributed by atoms with Crippen molar-refractivity contribution in [3.05, 3.63) is 0 Å². The van der Waals surface area contributed by atoms with Crippen molar-refractivity contribution in [2.24, 2.45) is 17.3 Å². The Morgan fingerprint density at radius 3 is 2.16 bits per heavy atom. The molecule has 3 heteroatoms. The van der Waals surface area contributed by atoms with E-state index in [2.05, 4.69) is 27.7 Å². The maximum Gasteiger partial charge on any atom is 0.225 e. The van der Waals surface area contributed by atoms with Crippen LogP contribution in [0.15, 0.2) is 0 Å². The van der Waals surface area contributed by atoms with E-state index in [4.69, 9.17) is 11.6 Å². The molecule has 2 nitrogen and oxygen atoms in total. The molecule has 0 atom stereocenters. The number of hydrogen-bond acceptors (Lipinski definition) is 1. The molecule has 19 heavy (non-hydrogen) atoms. The molecule has 0 spiro atoms. The zero-order valence-corrected chi connectivity index (χ0v) is 13.8. The minimum atomic E-state index is 0.244. The molecule has 112 valence electrons. The molecular formula is C16H30ClNO. The molecule has 0 aromatic carbocycles. The van der Waals surface area contributed by atoms with Gasteiger partial charge in [0.1, 0.15) is 0 Å². The van der Waals surface area contributed by atoms with Crippen molar-refractivity contribution < 1.29 is 4.79 Å². The third kappa shape index (κ3) is 4.98. The van der Waals surface area contributed by atoms with E-state index in [0.29, 0.717) is 23.7 Å². The Labute approximate surface area is 123 Å². The summed E-state index contributed by atoms with van der Waals surface area (Å²) in [5, 5.41) is 0. The first kappa shape index (κ1) is 16.8. The molecule has 0 heterocycles. The molecule has 1 amide bonds. The van der Waals surface area contributed by atoms with E-state index in [-0.39, 0.29) is 5.92 Å². The van der Waals surface area contributed by atoms with E-state index in [1.807, 2.05) is 4.90 Å². The number of carbonyl (C=O) groups excluding carboxylic acids is 1. The van der Waals surface area contributed by atoms with Crippen LogP contribution < -0.4 is 0 Å². The van der Waals surface area contributed by atoms with Gasteiger partial charge in [0.15, 0.2) is 0 Å². The van der Waals surface area contributed by atoms with Crippen LogP contribution in [0.5, 0.6) is 0 Å². The standard InChI is InChI=1S/C16H30ClNO/c1-5-11-18(12-10-17)15(19)13-6-8-14(9-7-13)16(2,3)4/h13-14H,5-12H2,1-4H3. The van der Waals surface area contributed by atoms with Crippen molar-refractivity contribution in [3.63, 3.8) is 0 Å². The summed E-state index contributed by atoms with van der Waals surface area (Å²) in [7, 11) is 0. The molecule has 0 aromatic rings. The fourth-order valence-electron chi connectivity index (χ4n) is 3.17. The Kier molecular flexibility index (Phi) is 6.65. The van der Waals surface area contributed by atoms with Gasteiger partial charge in [-0.25, -0.2) is 0 Å². The first-order valence-corrected chi connectivity index (χ1v) is 8.28. The summed E-state index contributed by atoms with van der Waals surface area (Å²) >= 11 is 5.80. The van der Waals surface area contributed by atoms with Crippen molar-refractivity contribution in [3.8, 4) is 0 Å². The lowest BCUT2D eigenvalue weighted by Gasteiger charge is -2.37. The van der Waals surface area contributed by atoms with Crippen LogP contribution in [0, 0.1) is 17.3 Å². The van der Waals surface area contributed by atoms with Crippen LogP contribution in [0.25, 0.3) is 0 Å². The van der Waals surface area contributed by atoms with Gasteiger partial charge >= 0.3 is 0 Å². The van der Waals surface area contributed by atoms with Gasteiger partial charge in [0.05, 0.1) is 0 Å². The fourth-order valence-corrected chi connectivity index (χ4v) is 3.37. The third-order valence-electron chi connectivity index (χ3n) is 4.46. The van der Waals surface area contributed by atoms with Crippen LogP contribution in [0.4, 0.5) is 0 Å². The largest absolute Gasteiger partial charge is 0.341 e. The fraction of sp³-hybridized carbons (Fsp3) is 0.938. The monoisotopic (exact) mass is 287 g/mol. The number of halogens is 1. The molecule has 1 aliphatic rings. The highest BCUT2D eigenvalue weighted by Gasteiger charge is 2.33. The average Bonchev–Trinajstić information content (AvgIpc) is 2.37. The van der Waals surface area contributed by atoms with Crippen molar-refractivity contribution in [2.45, 2.75) is 59.8 Å². The van der Waals surface area contributed by atoms with Crippen LogP contribution in [0.1, 0.15) is 59.8 Å². The normalized spacial score (nSPS) is 24.3. The SMILES string of the molecule is CCCN(CCCl)C(=O)C1CCC(C(C)(C)C)CC1. The van der Waals surface area contributed by atoms with Gasteiger partial charge in [-0.2, -0.15) is 0 Å². The Morgan fingerprint density at radius 2 is 1.74 bits per heavy atom. The van der Waals surface area contributed by atoms with E-state index >= 15 is 0 Å². The van der Waals surface area contributed by atoms with Gasteiger partial charge in [0, 0.05) is 24.9 Å². The molecule has 0 bridgehead atoms. The molecular weight excluding hydrogens is 258 g/mol. The number of nitrogens with zero attached hydrogens (tertiary/aromatic N) is 1. The van der Waals surface area contributed by atoms with Crippen LogP contribution in [-0.4, -0.2) is 29.8 Å². The molecule has 0 unspecified atom stereocenters. The Hall–Kier alpha value is -0.240. The van der Waals surface area contributed by atoms with Gasteiger partial charge in [0.2, 0.25) is 5.91 Å². The van der Waals surface area contributed by atoms with Gasteiger partial charge in [-0.05, 0) is 43.4 Å². The highest BCUT2D eigenvalue weighted by Crippen LogP contribution is 2.40. The molecule has 1 fully saturated rings. The number of rotatable bonds is 5. The first-order chi connectivity index (χ1) is 8.90. The third-order valence-corrected chi connectivity index (χ3v) is 4.63. The van der Waals surface area contributed by atoms with Gasteiger partial charge in [0.25, 0.3) is 0 Å². The molecule has 1 rings (SSSR count). The Bertz CT molecular complexity index is 271. The zero-order chi connectivity index (χ0) is 14.5. The maximum atomic E-state index is 12.5. The lowest BCUT2D eigenvalue weighted by Crippen LogP contribution is -2.40. The predicted octanol–water partition coefficient (Wildman–Crippen LogP) is 4.32. The van der Waals surface area contributed by atoms with Crippen LogP contribution in [-0.2, 0) is 4.79 Å². The average molecular weight is 288 g/mol. The zero-order valence-electron chi connectivity index (χ0n) is 13.0. The molecule has 0 aliphatic heterocycles. The predicted molar refractivity (Wildman–Crippen MR) is 82.5 cm³/mol. The van der Waals surface area contributed by atoms with Gasteiger partial charge in [-0.1, -0.05) is 27.7 Å². The highest BCUT2D eigenvalue weighted by atomic mass is 35.5. The summed E-state index contributed by atoms with van der Waals surface area (Å²) in [4.78, 5) is 14.5. The van der Waals surface area contributed by atoms with Crippen molar-refractivity contribution in [1.82, 2.24) is 4.90 Å². The number of amides is 1. The van der Waals surface area contributed by atoms with E-state index in [0.717, 1.165) is 31.7 Å². The quantitative estimate of drug-likeness (QED) is 0.690. The van der Waals surface area contributed by atoms with Crippen LogP contribution >= 0.6 is 11.6 Å². The summed E-state index contributed by atoms with van der Waals surface area (Å²) in [6, 6.07) is 0.